The van der Waals surface area contributed by atoms with Gasteiger partial charge in [-0.25, -0.2) is 0 Å². The van der Waals surface area contributed by atoms with Gasteiger partial charge in [0.15, 0.2) is 0 Å². The van der Waals surface area contributed by atoms with Crippen molar-refractivity contribution in [2.45, 2.75) is 89.3 Å². The van der Waals surface area contributed by atoms with Crippen molar-refractivity contribution in [2.75, 3.05) is 13.2 Å². The van der Waals surface area contributed by atoms with Crippen LogP contribution in [0.5, 0.6) is 0 Å². The smallest absolute Gasteiger partial charge is 0.0800 e. The lowest BCUT2D eigenvalue weighted by Gasteiger charge is -2.17. The number of unbranched alkanes of at least 4 members (excludes halogenated alkanes) is 8. The minimum Gasteiger partial charge on any atom is -0.396 e. The molecule has 0 heterocycles. The van der Waals surface area contributed by atoms with E-state index in [-0.39, 0.29) is 6.61 Å². The number of aliphatic hydroxyl groups is 4. The van der Waals surface area contributed by atoms with Crippen molar-refractivity contribution in [1.82, 2.24) is 0 Å². The second-order valence-electron chi connectivity index (χ2n) is 5.69. The van der Waals surface area contributed by atoms with Crippen molar-refractivity contribution < 1.29 is 20.4 Å². The number of hydrogen-bond acceptors (Lipinski definition) is 4. The zero-order valence-corrected chi connectivity index (χ0v) is 12.8. The van der Waals surface area contributed by atoms with Gasteiger partial charge in [0.25, 0.3) is 0 Å². The molecular weight excluding hydrogens is 256 g/mol. The summed E-state index contributed by atoms with van der Waals surface area (Å²) in [6, 6.07) is 0. The van der Waals surface area contributed by atoms with E-state index in [0.717, 1.165) is 25.7 Å². The average Bonchev–Trinajstić information content (AvgIpc) is 2.46. The van der Waals surface area contributed by atoms with Gasteiger partial charge in [0, 0.05) is 13.2 Å². The van der Waals surface area contributed by atoms with E-state index in [1.165, 1.54) is 32.1 Å². The zero-order valence-electron chi connectivity index (χ0n) is 12.8. The number of rotatable bonds is 15. The van der Waals surface area contributed by atoms with Gasteiger partial charge in [-0.2, -0.15) is 0 Å². The predicted octanol–water partition coefficient (Wildman–Crippen LogP) is 2.37. The molecule has 0 aromatic heterocycles. The van der Waals surface area contributed by atoms with Crippen LogP contribution < -0.4 is 0 Å². The van der Waals surface area contributed by atoms with E-state index in [1.807, 2.05) is 0 Å². The molecule has 4 heteroatoms. The molecule has 0 amide bonds. The molecule has 0 rings (SSSR count). The Morgan fingerprint density at radius 3 is 1.25 bits per heavy atom. The van der Waals surface area contributed by atoms with E-state index in [0.29, 0.717) is 25.9 Å². The molecule has 4 N–H and O–H groups in total. The van der Waals surface area contributed by atoms with Crippen LogP contribution in [0.3, 0.4) is 0 Å². The molecule has 122 valence electrons. The third-order valence-corrected chi connectivity index (χ3v) is 3.76. The van der Waals surface area contributed by atoms with Gasteiger partial charge >= 0.3 is 0 Å². The van der Waals surface area contributed by atoms with E-state index in [4.69, 9.17) is 10.2 Å². The highest BCUT2D eigenvalue weighted by Crippen LogP contribution is 2.13. The normalized spacial score (nSPS) is 14.4. The predicted molar refractivity (Wildman–Crippen MR) is 81.6 cm³/mol. The van der Waals surface area contributed by atoms with Crippen LogP contribution in [0.1, 0.15) is 77.0 Å². The molecule has 0 fully saturated rings. The molecule has 0 spiro atoms. The maximum absolute atomic E-state index is 9.72. The van der Waals surface area contributed by atoms with Gasteiger partial charge in [0.1, 0.15) is 0 Å². The summed E-state index contributed by atoms with van der Waals surface area (Å²) < 4.78 is 0. The van der Waals surface area contributed by atoms with Gasteiger partial charge in [-0.15, -0.1) is 0 Å². The Bertz CT molecular complexity index is 187. The van der Waals surface area contributed by atoms with E-state index in [1.54, 1.807) is 0 Å². The van der Waals surface area contributed by atoms with E-state index >= 15 is 0 Å². The second-order valence-corrected chi connectivity index (χ2v) is 5.69. The van der Waals surface area contributed by atoms with Gasteiger partial charge in [-0.1, -0.05) is 51.4 Å². The topological polar surface area (TPSA) is 80.9 Å². The Morgan fingerprint density at radius 2 is 0.800 bits per heavy atom. The third kappa shape index (κ3) is 12.9. The van der Waals surface area contributed by atoms with Crippen molar-refractivity contribution in [2.24, 2.45) is 0 Å². The molecule has 0 aliphatic carbocycles. The summed E-state index contributed by atoms with van der Waals surface area (Å²) in [5, 5.41) is 36.6. The quantitative estimate of drug-likeness (QED) is 0.349. The van der Waals surface area contributed by atoms with E-state index in [9.17, 15) is 10.2 Å². The first kappa shape index (κ1) is 19.8. The lowest BCUT2D eigenvalue weighted by molar-refractivity contribution is 0.00522. The molecule has 2 unspecified atom stereocenters. The molecule has 0 aliphatic heterocycles. The maximum atomic E-state index is 9.72. The van der Waals surface area contributed by atoms with Crippen molar-refractivity contribution in [1.29, 1.82) is 0 Å². The summed E-state index contributed by atoms with van der Waals surface area (Å²) in [4.78, 5) is 0. The molecule has 0 saturated heterocycles. The minimum absolute atomic E-state index is 0.0715. The highest BCUT2D eigenvalue weighted by Gasteiger charge is 2.14. The van der Waals surface area contributed by atoms with Crippen molar-refractivity contribution in [3.63, 3.8) is 0 Å². The molecule has 2 atom stereocenters. The Labute approximate surface area is 123 Å². The first-order valence-corrected chi connectivity index (χ1v) is 8.30. The summed E-state index contributed by atoms with van der Waals surface area (Å²) in [5.74, 6) is 0. The van der Waals surface area contributed by atoms with Gasteiger partial charge < -0.3 is 20.4 Å². The minimum atomic E-state index is -0.686. The van der Waals surface area contributed by atoms with Crippen molar-refractivity contribution in [3.8, 4) is 0 Å². The lowest BCUT2D eigenvalue weighted by atomic mass is 10.0. The average molecular weight is 290 g/mol. The molecule has 0 aliphatic rings. The lowest BCUT2D eigenvalue weighted by Crippen LogP contribution is -2.25. The fourth-order valence-electron chi connectivity index (χ4n) is 2.39. The monoisotopic (exact) mass is 290 g/mol. The molecule has 0 saturated carbocycles. The standard InChI is InChI=1S/C16H34O4/c17-13-9-7-5-3-1-2-4-6-8-11-15(19)16(20)12-10-14-18/h15-20H,1-14H2. The van der Waals surface area contributed by atoms with Crippen LogP contribution in [0.2, 0.25) is 0 Å². The van der Waals surface area contributed by atoms with Crippen LogP contribution in [0.25, 0.3) is 0 Å². The number of aliphatic hydroxyl groups excluding tert-OH is 4. The van der Waals surface area contributed by atoms with Gasteiger partial charge in [0.2, 0.25) is 0 Å². The first-order valence-electron chi connectivity index (χ1n) is 8.30. The summed E-state index contributed by atoms with van der Waals surface area (Å²) in [6.07, 6.45) is 10.7. The van der Waals surface area contributed by atoms with Crippen LogP contribution in [0, 0.1) is 0 Å². The molecule has 0 aromatic carbocycles. The van der Waals surface area contributed by atoms with E-state index in [2.05, 4.69) is 0 Å². The molecule has 20 heavy (non-hydrogen) atoms. The molecule has 0 aromatic rings. The van der Waals surface area contributed by atoms with Gasteiger partial charge in [-0.3, -0.25) is 0 Å². The fourth-order valence-corrected chi connectivity index (χ4v) is 2.39. The summed E-state index contributed by atoms with van der Waals surface area (Å²) in [5.41, 5.74) is 0. The van der Waals surface area contributed by atoms with Crippen LogP contribution in [0.15, 0.2) is 0 Å². The third-order valence-electron chi connectivity index (χ3n) is 3.76. The molecule has 0 radical (unpaired) electrons. The highest BCUT2D eigenvalue weighted by atomic mass is 16.3. The fraction of sp³-hybridized carbons (Fsp3) is 1.00. The largest absolute Gasteiger partial charge is 0.396 e. The second kappa shape index (κ2) is 15.2. The zero-order chi connectivity index (χ0) is 15.1. The molecule has 0 bridgehead atoms. The van der Waals surface area contributed by atoms with Crippen molar-refractivity contribution in [3.05, 3.63) is 0 Å². The Hall–Kier alpha value is -0.160. The van der Waals surface area contributed by atoms with E-state index < -0.39 is 12.2 Å². The van der Waals surface area contributed by atoms with Crippen LogP contribution in [-0.2, 0) is 0 Å². The number of hydrogen-bond donors (Lipinski definition) is 4. The molecular formula is C16H34O4. The Balaban J connectivity index is 3.22. The highest BCUT2D eigenvalue weighted by molar-refractivity contribution is 4.67. The maximum Gasteiger partial charge on any atom is 0.0800 e. The molecule has 4 nitrogen and oxygen atoms in total. The Kier molecular flexibility index (Phi) is 15.1. The van der Waals surface area contributed by atoms with Crippen molar-refractivity contribution >= 4 is 0 Å². The summed E-state index contributed by atoms with van der Waals surface area (Å²) in [6.45, 7) is 0.383. The first-order chi connectivity index (χ1) is 9.72. The van der Waals surface area contributed by atoms with Gasteiger partial charge in [0.05, 0.1) is 12.2 Å². The SMILES string of the molecule is OCCCCCCCCCCCC(O)C(O)CCCO. The van der Waals surface area contributed by atoms with Gasteiger partial charge in [-0.05, 0) is 25.7 Å². The Morgan fingerprint density at radius 1 is 0.450 bits per heavy atom. The summed E-state index contributed by atoms with van der Waals surface area (Å²) in [7, 11) is 0. The summed E-state index contributed by atoms with van der Waals surface area (Å²) >= 11 is 0. The van der Waals surface area contributed by atoms with Crippen LogP contribution in [0.4, 0.5) is 0 Å². The van der Waals surface area contributed by atoms with Crippen LogP contribution in [-0.4, -0.2) is 45.8 Å². The van der Waals surface area contributed by atoms with Crippen LogP contribution >= 0.6 is 0 Å².